The Balaban J connectivity index is 1.54. The Morgan fingerprint density at radius 1 is 1.20 bits per heavy atom. The average Bonchev–Trinajstić information content (AvgIpc) is 2.65. The van der Waals surface area contributed by atoms with E-state index in [-0.39, 0.29) is 0 Å². The van der Waals surface area contributed by atoms with E-state index in [2.05, 4.69) is 19.2 Å². The largest absolute Gasteiger partial charge is 0.311 e. The first kappa shape index (κ1) is 11.4. The standard InChI is InChI=1S/C14H27N/c1-11-9-14(10-11)15-12(2)7-8-13-5-3-4-6-13/h11-15H,3-10H2,1-2H3. The van der Waals surface area contributed by atoms with Gasteiger partial charge in [0.1, 0.15) is 0 Å². The molecule has 2 saturated carbocycles. The third-order valence-electron chi connectivity index (χ3n) is 4.38. The molecule has 0 aromatic carbocycles. The lowest BCUT2D eigenvalue weighted by molar-refractivity contribution is 0.219. The molecule has 1 heteroatoms. The molecule has 1 N–H and O–H groups in total. The number of nitrogens with one attached hydrogen (secondary N) is 1. The van der Waals surface area contributed by atoms with E-state index >= 15 is 0 Å². The third-order valence-corrected chi connectivity index (χ3v) is 4.38. The summed E-state index contributed by atoms with van der Waals surface area (Å²) in [4.78, 5) is 0. The van der Waals surface area contributed by atoms with Crippen molar-refractivity contribution in [3.8, 4) is 0 Å². The summed E-state index contributed by atoms with van der Waals surface area (Å²) in [6.45, 7) is 4.74. The highest BCUT2D eigenvalue weighted by Gasteiger charge is 2.26. The maximum Gasteiger partial charge on any atom is 0.00746 e. The minimum absolute atomic E-state index is 0.753. The third kappa shape index (κ3) is 3.48. The summed E-state index contributed by atoms with van der Waals surface area (Å²) in [5.74, 6) is 2.04. The van der Waals surface area contributed by atoms with Crippen LogP contribution in [0.25, 0.3) is 0 Å². The molecule has 1 nitrogen and oxygen atoms in total. The van der Waals surface area contributed by atoms with Crippen LogP contribution in [0, 0.1) is 11.8 Å². The molecule has 2 aliphatic carbocycles. The summed E-state index contributed by atoms with van der Waals surface area (Å²) in [6.07, 6.45) is 11.7. The lowest BCUT2D eigenvalue weighted by Gasteiger charge is -2.36. The summed E-state index contributed by atoms with van der Waals surface area (Å²) in [5, 5.41) is 3.77. The maximum absolute atomic E-state index is 3.77. The SMILES string of the molecule is CC1CC(NC(C)CCC2CCCC2)C1. The van der Waals surface area contributed by atoms with Crippen molar-refractivity contribution in [1.29, 1.82) is 0 Å². The zero-order valence-corrected chi connectivity index (χ0v) is 10.5. The second-order valence-corrected chi connectivity index (χ2v) is 6.07. The van der Waals surface area contributed by atoms with E-state index in [9.17, 15) is 0 Å². The second-order valence-electron chi connectivity index (χ2n) is 6.07. The molecule has 0 aromatic heterocycles. The number of hydrogen-bond donors (Lipinski definition) is 1. The molecule has 0 radical (unpaired) electrons. The Bertz CT molecular complexity index is 178. The Morgan fingerprint density at radius 3 is 2.47 bits per heavy atom. The molecule has 0 aliphatic heterocycles. The van der Waals surface area contributed by atoms with Crippen LogP contribution in [0.4, 0.5) is 0 Å². The molecule has 0 aromatic rings. The summed E-state index contributed by atoms with van der Waals surface area (Å²) in [5.41, 5.74) is 0. The van der Waals surface area contributed by atoms with Crippen LogP contribution in [0.3, 0.4) is 0 Å². The van der Waals surface area contributed by atoms with Gasteiger partial charge < -0.3 is 5.32 Å². The topological polar surface area (TPSA) is 12.0 Å². The van der Waals surface area contributed by atoms with Crippen molar-refractivity contribution < 1.29 is 0 Å². The second kappa shape index (κ2) is 5.34. The van der Waals surface area contributed by atoms with Gasteiger partial charge in [-0.05, 0) is 44.4 Å². The van der Waals surface area contributed by atoms with Crippen LogP contribution < -0.4 is 5.32 Å². The summed E-state index contributed by atoms with van der Waals surface area (Å²) < 4.78 is 0. The molecule has 0 saturated heterocycles. The molecule has 0 amide bonds. The summed E-state index contributed by atoms with van der Waals surface area (Å²) in [6, 6.07) is 1.60. The minimum atomic E-state index is 0.753. The van der Waals surface area contributed by atoms with E-state index in [0.717, 1.165) is 23.9 Å². The van der Waals surface area contributed by atoms with Gasteiger partial charge in [0.15, 0.2) is 0 Å². The van der Waals surface area contributed by atoms with Crippen molar-refractivity contribution in [3.05, 3.63) is 0 Å². The van der Waals surface area contributed by atoms with Crippen LogP contribution in [0.15, 0.2) is 0 Å². The van der Waals surface area contributed by atoms with Crippen molar-refractivity contribution in [2.24, 2.45) is 11.8 Å². The van der Waals surface area contributed by atoms with Crippen LogP contribution >= 0.6 is 0 Å². The Labute approximate surface area is 95.0 Å². The van der Waals surface area contributed by atoms with Crippen LogP contribution in [0.2, 0.25) is 0 Å². The molecule has 1 atom stereocenters. The smallest absolute Gasteiger partial charge is 0.00746 e. The first-order valence-electron chi connectivity index (χ1n) is 7.00. The van der Waals surface area contributed by atoms with Gasteiger partial charge in [-0.2, -0.15) is 0 Å². The average molecular weight is 209 g/mol. The molecule has 88 valence electrons. The van der Waals surface area contributed by atoms with Crippen LogP contribution in [-0.4, -0.2) is 12.1 Å². The van der Waals surface area contributed by atoms with E-state index in [0.29, 0.717) is 0 Å². The fourth-order valence-corrected chi connectivity index (χ4v) is 3.31. The van der Waals surface area contributed by atoms with Gasteiger partial charge in [-0.15, -0.1) is 0 Å². The van der Waals surface area contributed by atoms with E-state index in [4.69, 9.17) is 0 Å². The molecule has 1 unspecified atom stereocenters. The van der Waals surface area contributed by atoms with E-state index in [1.165, 1.54) is 51.4 Å². The predicted octanol–water partition coefficient (Wildman–Crippen LogP) is 3.73. The highest BCUT2D eigenvalue weighted by atomic mass is 15.0. The van der Waals surface area contributed by atoms with Gasteiger partial charge in [-0.1, -0.05) is 32.6 Å². The Morgan fingerprint density at radius 2 is 1.87 bits per heavy atom. The van der Waals surface area contributed by atoms with E-state index in [1.54, 1.807) is 0 Å². The van der Waals surface area contributed by atoms with Crippen molar-refractivity contribution in [2.45, 2.75) is 77.3 Å². The van der Waals surface area contributed by atoms with Crippen molar-refractivity contribution in [1.82, 2.24) is 5.32 Å². The maximum atomic E-state index is 3.77. The summed E-state index contributed by atoms with van der Waals surface area (Å²) >= 11 is 0. The van der Waals surface area contributed by atoms with Gasteiger partial charge in [-0.3, -0.25) is 0 Å². The van der Waals surface area contributed by atoms with Crippen molar-refractivity contribution in [3.63, 3.8) is 0 Å². The first-order valence-corrected chi connectivity index (χ1v) is 7.00. The molecule has 0 heterocycles. The van der Waals surface area contributed by atoms with Crippen molar-refractivity contribution in [2.75, 3.05) is 0 Å². The van der Waals surface area contributed by atoms with Gasteiger partial charge in [-0.25, -0.2) is 0 Å². The Kier molecular flexibility index (Phi) is 4.07. The van der Waals surface area contributed by atoms with Gasteiger partial charge in [0.2, 0.25) is 0 Å². The summed E-state index contributed by atoms with van der Waals surface area (Å²) in [7, 11) is 0. The fraction of sp³-hybridized carbons (Fsp3) is 1.00. The molecule has 0 bridgehead atoms. The van der Waals surface area contributed by atoms with Gasteiger partial charge in [0.25, 0.3) is 0 Å². The quantitative estimate of drug-likeness (QED) is 0.727. The normalized spacial score (nSPS) is 34.0. The molecule has 2 fully saturated rings. The zero-order valence-electron chi connectivity index (χ0n) is 10.5. The molecule has 2 aliphatic rings. The van der Waals surface area contributed by atoms with Crippen molar-refractivity contribution >= 4 is 0 Å². The lowest BCUT2D eigenvalue weighted by atomic mass is 9.81. The number of rotatable bonds is 5. The van der Waals surface area contributed by atoms with E-state index < -0.39 is 0 Å². The zero-order chi connectivity index (χ0) is 10.7. The first-order chi connectivity index (χ1) is 7.24. The highest BCUT2D eigenvalue weighted by molar-refractivity contribution is 4.84. The van der Waals surface area contributed by atoms with Crippen LogP contribution in [0.5, 0.6) is 0 Å². The molecular formula is C14H27N. The molecule has 0 spiro atoms. The Hall–Kier alpha value is -0.0400. The molecular weight excluding hydrogens is 182 g/mol. The van der Waals surface area contributed by atoms with Gasteiger partial charge >= 0.3 is 0 Å². The monoisotopic (exact) mass is 209 g/mol. The minimum Gasteiger partial charge on any atom is -0.311 e. The highest BCUT2D eigenvalue weighted by Crippen LogP contribution is 2.30. The van der Waals surface area contributed by atoms with E-state index in [1.807, 2.05) is 0 Å². The molecule has 2 rings (SSSR count). The molecule has 15 heavy (non-hydrogen) atoms. The van der Waals surface area contributed by atoms with Crippen LogP contribution in [0.1, 0.15) is 65.2 Å². The van der Waals surface area contributed by atoms with Crippen LogP contribution in [-0.2, 0) is 0 Å². The number of hydrogen-bond acceptors (Lipinski definition) is 1. The van der Waals surface area contributed by atoms with Gasteiger partial charge in [0, 0.05) is 12.1 Å². The fourth-order valence-electron chi connectivity index (χ4n) is 3.31. The lowest BCUT2D eigenvalue weighted by Crippen LogP contribution is -2.44. The van der Waals surface area contributed by atoms with Gasteiger partial charge in [0.05, 0.1) is 0 Å². The predicted molar refractivity (Wildman–Crippen MR) is 66.0 cm³/mol.